The number of amides is 1. The maximum atomic E-state index is 11.9. The number of carbonyl (C=O) groups is 2. The summed E-state index contributed by atoms with van der Waals surface area (Å²) < 4.78 is 0. The molecule has 1 aliphatic carbocycles. The molecule has 1 amide bonds. The van der Waals surface area contributed by atoms with Gasteiger partial charge in [0.1, 0.15) is 5.54 Å². The van der Waals surface area contributed by atoms with Crippen LogP contribution >= 0.6 is 11.3 Å². The fourth-order valence-electron chi connectivity index (χ4n) is 2.48. The van der Waals surface area contributed by atoms with E-state index in [1.54, 1.807) is 5.51 Å². The predicted octanol–water partition coefficient (Wildman–Crippen LogP) is 1.98. The first kappa shape index (κ1) is 14.0. The summed E-state index contributed by atoms with van der Waals surface area (Å²) in [5, 5.41) is 14.0. The largest absolute Gasteiger partial charge is 0.480 e. The number of aromatic nitrogens is 1. The zero-order chi connectivity index (χ0) is 13.7. The first-order valence-electron chi connectivity index (χ1n) is 6.54. The molecule has 1 aromatic heterocycles. The summed E-state index contributed by atoms with van der Waals surface area (Å²) in [5.74, 6) is -1.11. The third kappa shape index (κ3) is 3.53. The van der Waals surface area contributed by atoms with Crippen LogP contribution in [0.5, 0.6) is 0 Å². The number of carbonyl (C=O) groups excluding carboxylic acids is 1. The normalized spacial score (nSPS) is 17.9. The number of thiazole rings is 1. The van der Waals surface area contributed by atoms with Crippen molar-refractivity contribution in [3.05, 3.63) is 16.6 Å². The van der Waals surface area contributed by atoms with Gasteiger partial charge in [-0.25, -0.2) is 9.78 Å². The van der Waals surface area contributed by atoms with Crippen molar-refractivity contribution in [1.82, 2.24) is 10.3 Å². The lowest BCUT2D eigenvalue weighted by Crippen LogP contribution is -2.55. The molecule has 0 bridgehead atoms. The van der Waals surface area contributed by atoms with Crippen LogP contribution in [0.4, 0.5) is 0 Å². The molecule has 1 aromatic rings. The number of hydrogen-bond acceptors (Lipinski definition) is 4. The molecule has 1 saturated carbocycles. The Balaban J connectivity index is 1.90. The second kappa shape index (κ2) is 6.14. The van der Waals surface area contributed by atoms with E-state index < -0.39 is 11.5 Å². The second-order valence-corrected chi connectivity index (χ2v) is 5.69. The minimum absolute atomic E-state index is 0.197. The van der Waals surface area contributed by atoms with Crippen molar-refractivity contribution in [2.45, 2.75) is 50.5 Å². The highest BCUT2D eigenvalue weighted by molar-refractivity contribution is 7.07. The topological polar surface area (TPSA) is 79.3 Å². The number of nitrogens with one attached hydrogen (secondary N) is 1. The Morgan fingerprint density at radius 3 is 2.68 bits per heavy atom. The van der Waals surface area contributed by atoms with E-state index in [1.165, 1.54) is 11.3 Å². The predicted molar refractivity (Wildman–Crippen MR) is 72.0 cm³/mol. The first-order chi connectivity index (χ1) is 9.12. The molecular weight excluding hydrogens is 264 g/mol. The van der Waals surface area contributed by atoms with E-state index in [0.717, 1.165) is 25.0 Å². The van der Waals surface area contributed by atoms with Crippen LogP contribution in [0.25, 0.3) is 0 Å². The summed E-state index contributed by atoms with van der Waals surface area (Å²) in [6.45, 7) is 0. The lowest BCUT2D eigenvalue weighted by molar-refractivity contribution is -0.149. The van der Waals surface area contributed by atoms with Crippen LogP contribution in [0, 0.1) is 0 Å². The standard InChI is InChI=1S/C13H18N2O3S/c16-11(5-4-10-8-19-9-14-10)15-13(12(17)18)6-2-1-3-7-13/h8-9H,1-7H2,(H,15,16)(H,17,18). The van der Waals surface area contributed by atoms with Crippen LogP contribution < -0.4 is 5.32 Å². The van der Waals surface area contributed by atoms with Crippen molar-refractivity contribution in [3.63, 3.8) is 0 Å². The van der Waals surface area contributed by atoms with E-state index in [0.29, 0.717) is 25.7 Å². The average Bonchev–Trinajstić information content (AvgIpc) is 2.90. The maximum Gasteiger partial charge on any atom is 0.329 e. The van der Waals surface area contributed by atoms with E-state index in [1.807, 2.05) is 5.38 Å². The van der Waals surface area contributed by atoms with Gasteiger partial charge in [-0.1, -0.05) is 19.3 Å². The fourth-order valence-corrected chi connectivity index (χ4v) is 3.07. The Labute approximate surface area is 116 Å². The Kier molecular flexibility index (Phi) is 4.52. The molecule has 2 rings (SSSR count). The summed E-state index contributed by atoms with van der Waals surface area (Å²) in [4.78, 5) is 27.4. The van der Waals surface area contributed by atoms with Crippen LogP contribution in [-0.2, 0) is 16.0 Å². The summed E-state index contributed by atoms with van der Waals surface area (Å²) in [6.07, 6.45) is 4.68. The van der Waals surface area contributed by atoms with Gasteiger partial charge in [-0.2, -0.15) is 0 Å². The summed E-state index contributed by atoms with van der Waals surface area (Å²) >= 11 is 1.49. The SMILES string of the molecule is O=C(CCc1cscn1)NC1(C(=O)O)CCCCC1. The minimum atomic E-state index is -1.04. The number of rotatable bonds is 5. The van der Waals surface area contributed by atoms with Gasteiger partial charge >= 0.3 is 5.97 Å². The average molecular weight is 282 g/mol. The second-order valence-electron chi connectivity index (χ2n) is 4.98. The molecule has 6 heteroatoms. The smallest absolute Gasteiger partial charge is 0.329 e. The van der Waals surface area contributed by atoms with Crippen LogP contribution in [0.2, 0.25) is 0 Å². The quantitative estimate of drug-likeness (QED) is 0.865. The van der Waals surface area contributed by atoms with Gasteiger partial charge in [0, 0.05) is 11.8 Å². The fraction of sp³-hybridized carbons (Fsp3) is 0.615. The summed E-state index contributed by atoms with van der Waals surface area (Å²) in [7, 11) is 0. The van der Waals surface area contributed by atoms with Crippen LogP contribution in [0.1, 0.15) is 44.2 Å². The number of aliphatic carboxylic acids is 1. The molecule has 0 spiro atoms. The monoisotopic (exact) mass is 282 g/mol. The molecule has 19 heavy (non-hydrogen) atoms. The molecule has 0 saturated heterocycles. The minimum Gasteiger partial charge on any atom is -0.480 e. The van der Waals surface area contributed by atoms with Crippen molar-refractivity contribution in [2.24, 2.45) is 0 Å². The highest BCUT2D eigenvalue weighted by Gasteiger charge is 2.40. The highest BCUT2D eigenvalue weighted by atomic mass is 32.1. The van der Waals surface area contributed by atoms with Crippen molar-refractivity contribution in [1.29, 1.82) is 0 Å². The van der Waals surface area contributed by atoms with Gasteiger partial charge in [-0.3, -0.25) is 4.79 Å². The Hall–Kier alpha value is -1.43. The zero-order valence-corrected chi connectivity index (χ0v) is 11.5. The molecule has 0 unspecified atom stereocenters. The van der Waals surface area contributed by atoms with Crippen molar-refractivity contribution in [3.8, 4) is 0 Å². The van der Waals surface area contributed by atoms with Gasteiger partial charge in [-0.05, 0) is 19.3 Å². The van der Waals surface area contributed by atoms with Gasteiger partial charge in [-0.15, -0.1) is 11.3 Å². The van der Waals surface area contributed by atoms with Crippen LogP contribution in [-0.4, -0.2) is 27.5 Å². The molecule has 1 fully saturated rings. The van der Waals surface area contributed by atoms with E-state index in [9.17, 15) is 14.7 Å². The number of nitrogens with zero attached hydrogens (tertiary/aromatic N) is 1. The van der Waals surface area contributed by atoms with Gasteiger partial charge in [0.15, 0.2) is 0 Å². The molecule has 0 aliphatic heterocycles. The lowest BCUT2D eigenvalue weighted by atomic mass is 9.81. The van der Waals surface area contributed by atoms with Crippen LogP contribution in [0.3, 0.4) is 0 Å². The Bertz CT molecular complexity index is 439. The molecular formula is C13H18N2O3S. The molecule has 104 valence electrons. The molecule has 2 N–H and O–H groups in total. The van der Waals surface area contributed by atoms with Gasteiger partial charge < -0.3 is 10.4 Å². The van der Waals surface area contributed by atoms with Gasteiger partial charge in [0.2, 0.25) is 5.91 Å². The molecule has 0 aromatic carbocycles. The van der Waals surface area contributed by atoms with Crippen molar-refractivity contribution in [2.75, 3.05) is 0 Å². The van der Waals surface area contributed by atoms with Crippen LogP contribution in [0.15, 0.2) is 10.9 Å². The van der Waals surface area contributed by atoms with Gasteiger partial charge in [0.05, 0.1) is 11.2 Å². The maximum absolute atomic E-state index is 11.9. The highest BCUT2D eigenvalue weighted by Crippen LogP contribution is 2.28. The zero-order valence-electron chi connectivity index (χ0n) is 10.7. The number of hydrogen-bond donors (Lipinski definition) is 2. The molecule has 0 radical (unpaired) electrons. The van der Waals surface area contributed by atoms with Gasteiger partial charge in [0.25, 0.3) is 0 Å². The van der Waals surface area contributed by atoms with E-state index in [4.69, 9.17) is 0 Å². The number of carboxylic acid groups (broad SMARTS) is 1. The molecule has 0 atom stereocenters. The van der Waals surface area contributed by atoms with E-state index in [-0.39, 0.29) is 5.91 Å². The molecule has 1 heterocycles. The molecule has 5 nitrogen and oxygen atoms in total. The Morgan fingerprint density at radius 2 is 2.11 bits per heavy atom. The summed E-state index contributed by atoms with van der Waals surface area (Å²) in [6, 6.07) is 0. The number of aryl methyl sites for hydroxylation is 1. The number of carboxylic acids is 1. The third-order valence-corrected chi connectivity index (χ3v) is 4.22. The first-order valence-corrected chi connectivity index (χ1v) is 7.48. The van der Waals surface area contributed by atoms with Crippen molar-refractivity contribution < 1.29 is 14.7 Å². The Morgan fingerprint density at radius 1 is 1.37 bits per heavy atom. The lowest BCUT2D eigenvalue weighted by Gasteiger charge is -2.34. The summed E-state index contributed by atoms with van der Waals surface area (Å²) in [5.41, 5.74) is 1.57. The van der Waals surface area contributed by atoms with Crippen molar-refractivity contribution >= 4 is 23.2 Å². The van der Waals surface area contributed by atoms with E-state index in [2.05, 4.69) is 10.3 Å². The third-order valence-electron chi connectivity index (χ3n) is 3.59. The van der Waals surface area contributed by atoms with E-state index >= 15 is 0 Å². The molecule has 1 aliphatic rings.